The van der Waals surface area contributed by atoms with E-state index in [1.165, 1.54) is 0 Å². The number of carbonyl (C=O) groups excluding carboxylic acids is 4. The van der Waals surface area contributed by atoms with Gasteiger partial charge in [-0.3, -0.25) is 9.59 Å². The minimum Gasteiger partial charge on any atom is -0.422 e. The molecule has 146 valence electrons. The lowest BCUT2D eigenvalue weighted by atomic mass is 9.91. The normalized spacial score (nSPS) is 29.6. The number of hydrogen-bond acceptors (Lipinski definition) is 8. The highest BCUT2D eigenvalue weighted by Crippen LogP contribution is 2.39. The van der Waals surface area contributed by atoms with Crippen molar-refractivity contribution in [1.82, 2.24) is 0 Å². The molecule has 8 heteroatoms. The summed E-state index contributed by atoms with van der Waals surface area (Å²) in [5.41, 5.74) is -0.468. The summed E-state index contributed by atoms with van der Waals surface area (Å²) in [4.78, 5) is 49.5. The van der Waals surface area contributed by atoms with Crippen LogP contribution in [0, 0.1) is 5.92 Å². The second-order valence-electron chi connectivity index (χ2n) is 7.62. The molecule has 0 amide bonds. The predicted molar refractivity (Wildman–Crippen MR) is 87.6 cm³/mol. The van der Waals surface area contributed by atoms with Gasteiger partial charge in [0.2, 0.25) is 0 Å². The van der Waals surface area contributed by atoms with Crippen LogP contribution in [0.15, 0.2) is 11.6 Å². The average Bonchev–Trinajstić information content (AvgIpc) is 2.61. The van der Waals surface area contributed by atoms with Crippen molar-refractivity contribution in [2.75, 3.05) is 0 Å². The van der Waals surface area contributed by atoms with Crippen LogP contribution in [0.2, 0.25) is 0 Å². The first-order valence-electron chi connectivity index (χ1n) is 9.56. The van der Waals surface area contributed by atoms with E-state index in [1.54, 1.807) is 0 Å². The molecule has 0 aromatic carbocycles. The molecule has 4 fully saturated rings. The molecule has 0 bridgehead atoms. The molecule has 2 saturated carbocycles. The number of carbonyl (C=O) groups is 4. The highest BCUT2D eigenvalue weighted by atomic mass is 16.8. The van der Waals surface area contributed by atoms with Crippen LogP contribution in [0.1, 0.15) is 64.2 Å². The summed E-state index contributed by atoms with van der Waals surface area (Å²) in [7, 11) is 0. The Morgan fingerprint density at radius 3 is 1.48 bits per heavy atom. The van der Waals surface area contributed by atoms with Gasteiger partial charge >= 0.3 is 23.9 Å². The molecule has 2 heterocycles. The van der Waals surface area contributed by atoms with E-state index in [-0.39, 0.29) is 0 Å². The minimum atomic E-state index is -1.48. The monoisotopic (exact) mass is 378 g/mol. The predicted octanol–water partition coefficient (Wildman–Crippen LogP) is 2.05. The molecular weight excluding hydrogens is 356 g/mol. The lowest BCUT2D eigenvalue weighted by molar-refractivity contribution is -0.258. The molecule has 27 heavy (non-hydrogen) atoms. The van der Waals surface area contributed by atoms with Crippen LogP contribution in [0.4, 0.5) is 0 Å². The van der Waals surface area contributed by atoms with Crippen molar-refractivity contribution in [3.8, 4) is 0 Å². The third-order valence-electron chi connectivity index (χ3n) is 5.64. The molecule has 4 aliphatic rings. The second kappa shape index (κ2) is 6.65. The lowest BCUT2D eigenvalue weighted by Crippen LogP contribution is -2.51. The van der Waals surface area contributed by atoms with E-state index < -0.39 is 46.9 Å². The van der Waals surface area contributed by atoms with Crippen molar-refractivity contribution in [3.63, 3.8) is 0 Å². The SMILES string of the molecule is O=C1OC2(CCCCC2)OC(=O)C1=CC1C(=O)OC2(CCCCC2)OC1=O. The van der Waals surface area contributed by atoms with Crippen molar-refractivity contribution in [2.24, 2.45) is 5.92 Å². The van der Waals surface area contributed by atoms with Crippen molar-refractivity contribution in [2.45, 2.75) is 75.8 Å². The van der Waals surface area contributed by atoms with Crippen LogP contribution in [-0.2, 0) is 38.1 Å². The largest absolute Gasteiger partial charge is 0.422 e. The number of esters is 4. The Morgan fingerprint density at radius 1 is 0.630 bits per heavy atom. The van der Waals surface area contributed by atoms with Crippen molar-refractivity contribution >= 4 is 23.9 Å². The molecule has 0 aromatic heterocycles. The maximum absolute atomic E-state index is 12.4. The maximum Gasteiger partial charge on any atom is 0.348 e. The zero-order valence-corrected chi connectivity index (χ0v) is 15.0. The van der Waals surface area contributed by atoms with Crippen LogP contribution < -0.4 is 0 Å². The minimum absolute atomic E-state index is 0.452. The molecule has 2 saturated heterocycles. The summed E-state index contributed by atoms with van der Waals surface area (Å²) < 4.78 is 21.5. The Kier molecular flexibility index (Phi) is 4.44. The van der Waals surface area contributed by atoms with E-state index in [0.717, 1.165) is 44.6 Å². The van der Waals surface area contributed by atoms with Crippen LogP contribution in [-0.4, -0.2) is 35.5 Å². The van der Waals surface area contributed by atoms with Gasteiger partial charge in [0, 0.05) is 25.7 Å². The van der Waals surface area contributed by atoms with E-state index in [2.05, 4.69) is 0 Å². The van der Waals surface area contributed by atoms with Gasteiger partial charge in [0.15, 0.2) is 5.92 Å². The smallest absolute Gasteiger partial charge is 0.348 e. The molecule has 0 atom stereocenters. The van der Waals surface area contributed by atoms with Crippen LogP contribution in [0.25, 0.3) is 0 Å². The van der Waals surface area contributed by atoms with E-state index in [1.807, 2.05) is 0 Å². The fourth-order valence-electron chi connectivity index (χ4n) is 4.19. The maximum atomic E-state index is 12.4. The van der Waals surface area contributed by atoms with Gasteiger partial charge in [-0.2, -0.15) is 0 Å². The van der Waals surface area contributed by atoms with Gasteiger partial charge in [-0.05, 0) is 31.8 Å². The molecule has 0 aromatic rings. The van der Waals surface area contributed by atoms with E-state index >= 15 is 0 Å². The van der Waals surface area contributed by atoms with Gasteiger partial charge in [0.25, 0.3) is 11.6 Å². The summed E-state index contributed by atoms with van der Waals surface area (Å²) in [5, 5.41) is 0. The molecule has 2 aliphatic carbocycles. The highest BCUT2D eigenvalue weighted by Gasteiger charge is 2.51. The quantitative estimate of drug-likeness (QED) is 0.295. The molecule has 2 spiro atoms. The molecular formula is C19H22O8. The first-order chi connectivity index (χ1) is 12.9. The topological polar surface area (TPSA) is 105 Å². The Morgan fingerprint density at radius 2 is 1.04 bits per heavy atom. The van der Waals surface area contributed by atoms with Gasteiger partial charge in [0.1, 0.15) is 5.57 Å². The van der Waals surface area contributed by atoms with Crippen molar-refractivity contribution in [1.29, 1.82) is 0 Å². The van der Waals surface area contributed by atoms with E-state index in [9.17, 15) is 19.2 Å². The second-order valence-corrected chi connectivity index (χ2v) is 7.62. The third-order valence-corrected chi connectivity index (χ3v) is 5.64. The fraction of sp³-hybridized carbons (Fsp3) is 0.684. The van der Waals surface area contributed by atoms with E-state index in [4.69, 9.17) is 18.9 Å². The third kappa shape index (κ3) is 3.33. The Bertz CT molecular complexity index is 667. The van der Waals surface area contributed by atoms with Crippen LogP contribution in [0.5, 0.6) is 0 Å². The molecule has 4 rings (SSSR count). The molecule has 2 aliphatic heterocycles. The first-order valence-corrected chi connectivity index (χ1v) is 9.56. The van der Waals surface area contributed by atoms with E-state index in [0.29, 0.717) is 25.7 Å². The number of ether oxygens (including phenoxy) is 4. The summed E-state index contributed by atoms with van der Waals surface area (Å²) >= 11 is 0. The summed E-state index contributed by atoms with van der Waals surface area (Å²) in [6.07, 6.45) is 7.93. The number of rotatable bonds is 1. The van der Waals surface area contributed by atoms with Gasteiger partial charge in [-0.25, -0.2) is 9.59 Å². The van der Waals surface area contributed by atoms with Crippen LogP contribution in [0.3, 0.4) is 0 Å². The molecule has 0 radical (unpaired) electrons. The molecule has 0 unspecified atom stereocenters. The van der Waals surface area contributed by atoms with Crippen molar-refractivity contribution in [3.05, 3.63) is 11.6 Å². The Labute approximate surface area is 156 Å². The number of hydrogen-bond donors (Lipinski definition) is 0. The fourth-order valence-corrected chi connectivity index (χ4v) is 4.19. The standard InChI is InChI=1S/C19H22O8/c20-14-12(15(21)25-18(24-14)7-3-1-4-8-18)11-13-16(22)26-19(27-17(13)23)9-5-2-6-10-19/h11-12H,1-10H2. The van der Waals surface area contributed by atoms with Gasteiger partial charge < -0.3 is 18.9 Å². The van der Waals surface area contributed by atoms with Gasteiger partial charge in [-0.15, -0.1) is 0 Å². The molecule has 8 nitrogen and oxygen atoms in total. The highest BCUT2D eigenvalue weighted by molar-refractivity contribution is 6.16. The summed E-state index contributed by atoms with van der Waals surface area (Å²) in [6, 6.07) is 0. The van der Waals surface area contributed by atoms with Gasteiger partial charge in [0.05, 0.1) is 0 Å². The van der Waals surface area contributed by atoms with Crippen molar-refractivity contribution < 1.29 is 38.1 Å². The van der Waals surface area contributed by atoms with Crippen LogP contribution >= 0.6 is 0 Å². The Balaban J connectivity index is 1.51. The lowest BCUT2D eigenvalue weighted by Gasteiger charge is -2.40. The zero-order valence-electron chi connectivity index (χ0n) is 15.0. The summed E-state index contributed by atoms with van der Waals surface area (Å²) in [6.45, 7) is 0. The molecule has 0 N–H and O–H groups in total. The van der Waals surface area contributed by atoms with Gasteiger partial charge in [-0.1, -0.05) is 12.8 Å². The Hall–Kier alpha value is -2.38. The summed E-state index contributed by atoms with van der Waals surface area (Å²) in [5.74, 6) is -7.31. The zero-order chi connectivity index (χ0) is 19.1. The average molecular weight is 378 g/mol. The first kappa shape index (κ1) is 18.0.